The highest BCUT2D eigenvalue weighted by Gasteiger charge is 2.26. The number of anilines is 1. The van der Waals surface area contributed by atoms with E-state index in [0.717, 1.165) is 0 Å². The first kappa shape index (κ1) is 12.8. The summed E-state index contributed by atoms with van der Waals surface area (Å²) < 4.78 is 16.3. The van der Waals surface area contributed by atoms with Gasteiger partial charge in [-0.25, -0.2) is 0 Å². The fourth-order valence-corrected chi connectivity index (χ4v) is 2.02. The Morgan fingerprint density at radius 2 is 1.86 bits per heavy atom. The van der Waals surface area contributed by atoms with E-state index in [-0.39, 0.29) is 17.4 Å². The standard InChI is InChI=1S/C15H10N2O4/c1-9(18)17-15-10(8-16)13(11-4-2-6-19-11)14(21-15)12-5-3-7-20-12/h2-7H,1H3,(H,17,18). The zero-order valence-electron chi connectivity index (χ0n) is 11.0. The van der Waals surface area contributed by atoms with Gasteiger partial charge in [-0.2, -0.15) is 5.26 Å². The van der Waals surface area contributed by atoms with Gasteiger partial charge < -0.3 is 13.3 Å². The topological polar surface area (TPSA) is 92.3 Å². The largest absolute Gasteiger partial charge is 0.464 e. The number of nitriles is 1. The van der Waals surface area contributed by atoms with Crippen LogP contribution >= 0.6 is 0 Å². The number of hydrogen-bond acceptors (Lipinski definition) is 5. The second-order valence-electron chi connectivity index (χ2n) is 4.26. The van der Waals surface area contributed by atoms with Crippen molar-refractivity contribution >= 4 is 11.8 Å². The van der Waals surface area contributed by atoms with Gasteiger partial charge in [-0.05, 0) is 24.3 Å². The third kappa shape index (κ3) is 2.21. The van der Waals surface area contributed by atoms with Gasteiger partial charge in [-0.15, -0.1) is 0 Å². The molecule has 0 unspecified atom stereocenters. The summed E-state index contributed by atoms with van der Waals surface area (Å²) >= 11 is 0. The molecular formula is C15H10N2O4. The van der Waals surface area contributed by atoms with Crippen molar-refractivity contribution in [3.05, 3.63) is 42.4 Å². The SMILES string of the molecule is CC(=O)Nc1oc(-c2ccco2)c(-c2ccco2)c1C#N. The molecule has 0 spiro atoms. The molecule has 1 amide bonds. The number of hydrogen-bond donors (Lipinski definition) is 1. The Bertz CT molecular complexity index is 805. The Balaban J connectivity index is 2.26. The first-order chi connectivity index (χ1) is 10.2. The van der Waals surface area contributed by atoms with Gasteiger partial charge in [0, 0.05) is 6.92 Å². The molecule has 6 heteroatoms. The molecule has 0 radical (unpaired) electrons. The highest BCUT2D eigenvalue weighted by molar-refractivity contribution is 5.93. The summed E-state index contributed by atoms with van der Waals surface area (Å²) in [5.41, 5.74) is 0.632. The predicted molar refractivity (Wildman–Crippen MR) is 73.1 cm³/mol. The average molecular weight is 282 g/mol. The van der Waals surface area contributed by atoms with Crippen molar-refractivity contribution in [2.24, 2.45) is 0 Å². The monoisotopic (exact) mass is 282 g/mol. The van der Waals surface area contributed by atoms with Crippen LogP contribution in [0.5, 0.6) is 0 Å². The van der Waals surface area contributed by atoms with E-state index in [0.29, 0.717) is 22.8 Å². The summed E-state index contributed by atoms with van der Waals surface area (Å²) in [6.07, 6.45) is 2.99. The molecule has 1 N–H and O–H groups in total. The van der Waals surface area contributed by atoms with Gasteiger partial charge in [0.15, 0.2) is 11.5 Å². The minimum absolute atomic E-state index is 0.0720. The van der Waals surface area contributed by atoms with Crippen LogP contribution in [0.25, 0.3) is 22.8 Å². The van der Waals surface area contributed by atoms with E-state index in [9.17, 15) is 10.1 Å². The molecule has 0 saturated carbocycles. The number of nitrogens with one attached hydrogen (secondary N) is 1. The quantitative estimate of drug-likeness (QED) is 0.791. The first-order valence-electron chi connectivity index (χ1n) is 6.13. The van der Waals surface area contributed by atoms with Crippen LogP contribution in [-0.2, 0) is 4.79 Å². The molecule has 3 heterocycles. The third-order valence-corrected chi connectivity index (χ3v) is 2.82. The van der Waals surface area contributed by atoms with E-state index >= 15 is 0 Å². The molecule has 0 saturated heterocycles. The van der Waals surface area contributed by atoms with Gasteiger partial charge >= 0.3 is 0 Å². The first-order valence-corrected chi connectivity index (χ1v) is 6.13. The zero-order valence-corrected chi connectivity index (χ0v) is 11.0. The average Bonchev–Trinajstić information content (AvgIpc) is 3.18. The molecule has 104 valence electrons. The number of rotatable bonds is 3. The summed E-state index contributed by atoms with van der Waals surface area (Å²) in [7, 11) is 0. The molecular weight excluding hydrogens is 272 g/mol. The normalized spacial score (nSPS) is 10.3. The lowest BCUT2D eigenvalue weighted by molar-refractivity contribution is -0.114. The maximum absolute atomic E-state index is 11.2. The number of carbonyl (C=O) groups excluding carboxylic acids is 1. The fraction of sp³-hybridized carbons (Fsp3) is 0.0667. The van der Waals surface area contributed by atoms with Gasteiger partial charge in [-0.3, -0.25) is 10.1 Å². The molecule has 3 aromatic heterocycles. The van der Waals surface area contributed by atoms with Crippen LogP contribution in [0.3, 0.4) is 0 Å². The minimum atomic E-state index is -0.336. The summed E-state index contributed by atoms with van der Waals surface area (Å²) in [5.74, 6) is 0.961. The minimum Gasteiger partial charge on any atom is -0.464 e. The van der Waals surface area contributed by atoms with Crippen LogP contribution < -0.4 is 5.32 Å². The third-order valence-electron chi connectivity index (χ3n) is 2.82. The van der Waals surface area contributed by atoms with E-state index in [4.69, 9.17) is 13.3 Å². The number of nitrogens with zero attached hydrogens (tertiary/aromatic N) is 1. The fourth-order valence-electron chi connectivity index (χ4n) is 2.02. The van der Waals surface area contributed by atoms with Gasteiger partial charge in [0.25, 0.3) is 0 Å². The van der Waals surface area contributed by atoms with Gasteiger partial charge in [0.2, 0.25) is 11.8 Å². The molecule has 0 atom stereocenters. The Labute approximate surface area is 119 Å². The maximum atomic E-state index is 11.2. The molecule has 0 aliphatic rings. The molecule has 6 nitrogen and oxygen atoms in total. The lowest BCUT2D eigenvalue weighted by Crippen LogP contribution is -2.05. The van der Waals surface area contributed by atoms with Crippen molar-refractivity contribution in [2.75, 3.05) is 5.32 Å². The molecule has 3 rings (SSSR count). The molecule has 0 aliphatic carbocycles. The van der Waals surface area contributed by atoms with Crippen LogP contribution in [0.2, 0.25) is 0 Å². The second-order valence-corrected chi connectivity index (χ2v) is 4.26. The zero-order chi connectivity index (χ0) is 14.8. The number of furan rings is 3. The van der Waals surface area contributed by atoms with E-state index in [1.165, 1.54) is 19.5 Å². The predicted octanol–water partition coefficient (Wildman–Crippen LogP) is 3.63. The van der Waals surface area contributed by atoms with Crippen molar-refractivity contribution in [2.45, 2.75) is 6.92 Å². The Hall–Kier alpha value is -3.20. The maximum Gasteiger partial charge on any atom is 0.223 e. The molecule has 0 aromatic carbocycles. The van der Waals surface area contributed by atoms with Gasteiger partial charge in [-0.1, -0.05) is 0 Å². The van der Waals surface area contributed by atoms with Crippen molar-refractivity contribution in [3.63, 3.8) is 0 Å². The van der Waals surface area contributed by atoms with Crippen LogP contribution in [0.15, 0.2) is 50.0 Å². The lowest BCUT2D eigenvalue weighted by Gasteiger charge is -1.96. The van der Waals surface area contributed by atoms with Crippen LogP contribution in [0.4, 0.5) is 5.88 Å². The lowest BCUT2D eigenvalue weighted by atomic mass is 10.1. The Morgan fingerprint density at radius 1 is 1.19 bits per heavy atom. The van der Waals surface area contributed by atoms with Crippen molar-refractivity contribution in [1.82, 2.24) is 0 Å². The van der Waals surface area contributed by atoms with E-state index < -0.39 is 0 Å². The van der Waals surface area contributed by atoms with Crippen molar-refractivity contribution < 1.29 is 18.0 Å². The smallest absolute Gasteiger partial charge is 0.223 e. The van der Waals surface area contributed by atoms with Crippen LogP contribution in [0, 0.1) is 11.3 Å². The van der Waals surface area contributed by atoms with E-state index in [1.807, 2.05) is 6.07 Å². The molecule has 3 aromatic rings. The summed E-state index contributed by atoms with van der Waals surface area (Å²) in [6, 6.07) is 8.84. The number of amides is 1. The summed E-state index contributed by atoms with van der Waals surface area (Å²) in [5, 5.41) is 11.9. The summed E-state index contributed by atoms with van der Waals surface area (Å²) in [4.78, 5) is 11.2. The Morgan fingerprint density at radius 3 is 2.38 bits per heavy atom. The summed E-state index contributed by atoms with van der Waals surface area (Å²) in [6.45, 7) is 1.34. The van der Waals surface area contributed by atoms with Crippen molar-refractivity contribution in [1.29, 1.82) is 5.26 Å². The second kappa shape index (κ2) is 5.06. The van der Waals surface area contributed by atoms with E-state index in [1.54, 1.807) is 24.3 Å². The number of carbonyl (C=O) groups is 1. The van der Waals surface area contributed by atoms with Gasteiger partial charge in [0.05, 0.1) is 18.1 Å². The van der Waals surface area contributed by atoms with Crippen LogP contribution in [0.1, 0.15) is 12.5 Å². The van der Waals surface area contributed by atoms with Crippen molar-refractivity contribution in [3.8, 4) is 28.9 Å². The Kier molecular flexibility index (Phi) is 3.09. The molecule has 0 aliphatic heterocycles. The highest BCUT2D eigenvalue weighted by Crippen LogP contribution is 2.41. The van der Waals surface area contributed by atoms with E-state index in [2.05, 4.69) is 5.32 Å². The molecule has 0 fully saturated rings. The molecule has 21 heavy (non-hydrogen) atoms. The van der Waals surface area contributed by atoms with Gasteiger partial charge in [0.1, 0.15) is 17.4 Å². The van der Waals surface area contributed by atoms with Crippen LogP contribution in [-0.4, -0.2) is 5.91 Å². The highest BCUT2D eigenvalue weighted by atomic mass is 16.4. The molecule has 0 bridgehead atoms.